The Labute approximate surface area is 125 Å². The molecule has 0 amide bonds. The van der Waals surface area contributed by atoms with Crippen molar-refractivity contribution in [3.05, 3.63) is 30.0 Å². The average molecular weight is 285 g/mol. The molecule has 21 heavy (non-hydrogen) atoms. The molecule has 1 fully saturated rings. The van der Waals surface area contributed by atoms with E-state index in [9.17, 15) is 4.79 Å². The van der Waals surface area contributed by atoms with E-state index in [1.807, 2.05) is 52.1 Å². The maximum absolute atomic E-state index is 11.9. The number of H-pyrrole nitrogens is 1. The Morgan fingerprint density at radius 1 is 1.14 bits per heavy atom. The fourth-order valence-corrected chi connectivity index (χ4v) is 2.60. The van der Waals surface area contributed by atoms with E-state index in [0.717, 1.165) is 16.4 Å². The number of fused-ring (bicyclic) bond motifs is 1. The highest BCUT2D eigenvalue weighted by Crippen LogP contribution is 2.36. The number of hydrogen-bond acceptors (Lipinski definition) is 3. The van der Waals surface area contributed by atoms with Gasteiger partial charge in [0.15, 0.2) is 5.78 Å². The third-order valence-electron chi connectivity index (χ3n) is 4.60. The van der Waals surface area contributed by atoms with Crippen LogP contribution in [0, 0.1) is 0 Å². The molecule has 110 valence electrons. The zero-order chi connectivity index (χ0) is 15.4. The predicted molar refractivity (Wildman–Crippen MR) is 84.0 cm³/mol. The van der Waals surface area contributed by atoms with Gasteiger partial charge in [-0.1, -0.05) is 6.07 Å². The van der Waals surface area contributed by atoms with Crippen LogP contribution in [0.15, 0.2) is 24.4 Å². The van der Waals surface area contributed by atoms with Crippen LogP contribution in [-0.2, 0) is 9.31 Å². The topological polar surface area (TPSA) is 51.3 Å². The van der Waals surface area contributed by atoms with Crippen LogP contribution >= 0.6 is 0 Å². The average Bonchev–Trinajstić information content (AvgIpc) is 2.90. The van der Waals surface area contributed by atoms with Gasteiger partial charge in [0.25, 0.3) is 0 Å². The summed E-state index contributed by atoms with van der Waals surface area (Å²) in [5.74, 6) is 0.0398. The maximum Gasteiger partial charge on any atom is 0.494 e. The van der Waals surface area contributed by atoms with Crippen molar-refractivity contribution < 1.29 is 14.1 Å². The minimum atomic E-state index is -0.458. The lowest BCUT2D eigenvalue weighted by atomic mass is 9.77. The SMILES string of the molecule is CC(=O)c1cc(B2OC(C)(C)C(C)(C)O2)cc2[nH]ccc12. The molecule has 4 nitrogen and oxygen atoms in total. The van der Waals surface area contributed by atoms with E-state index in [2.05, 4.69) is 4.98 Å². The summed E-state index contributed by atoms with van der Waals surface area (Å²) < 4.78 is 12.1. The van der Waals surface area contributed by atoms with Crippen molar-refractivity contribution >= 4 is 29.3 Å². The molecule has 1 aromatic heterocycles. The molecular weight excluding hydrogens is 265 g/mol. The first-order valence-corrected chi connectivity index (χ1v) is 7.19. The summed E-state index contributed by atoms with van der Waals surface area (Å²) in [5.41, 5.74) is 1.71. The number of carbonyl (C=O) groups is 1. The van der Waals surface area contributed by atoms with Crippen molar-refractivity contribution in [2.24, 2.45) is 0 Å². The van der Waals surface area contributed by atoms with Gasteiger partial charge in [-0.25, -0.2) is 0 Å². The molecule has 1 N–H and O–H groups in total. The number of rotatable bonds is 2. The molecule has 2 aromatic rings. The highest BCUT2D eigenvalue weighted by molar-refractivity contribution is 6.62. The van der Waals surface area contributed by atoms with Gasteiger partial charge < -0.3 is 14.3 Å². The largest absolute Gasteiger partial charge is 0.494 e. The molecule has 1 aliphatic heterocycles. The highest BCUT2D eigenvalue weighted by Gasteiger charge is 2.51. The van der Waals surface area contributed by atoms with Crippen molar-refractivity contribution in [1.29, 1.82) is 0 Å². The molecule has 0 radical (unpaired) electrons. The number of Topliss-reactive ketones (excluding diaryl/α,β-unsaturated/α-hetero) is 1. The van der Waals surface area contributed by atoms with Crippen molar-refractivity contribution in [3.8, 4) is 0 Å². The van der Waals surface area contributed by atoms with E-state index < -0.39 is 18.3 Å². The molecule has 0 unspecified atom stereocenters. The van der Waals surface area contributed by atoms with E-state index in [-0.39, 0.29) is 5.78 Å². The number of aromatic nitrogens is 1. The third kappa shape index (κ3) is 2.21. The number of ketones is 1. The van der Waals surface area contributed by atoms with Gasteiger partial charge in [-0.3, -0.25) is 4.79 Å². The van der Waals surface area contributed by atoms with Gasteiger partial charge in [0.05, 0.1) is 11.2 Å². The van der Waals surface area contributed by atoms with Crippen LogP contribution in [0.25, 0.3) is 10.9 Å². The lowest BCUT2D eigenvalue weighted by molar-refractivity contribution is 0.00578. The number of hydrogen-bond donors (Lipinski definition) is 1. The Hall–Kier alpha value is -1.59. The number of nitrogens with one attached hydrogen (secondary N) is 1. The standard InChI is InChI=1S/C16H20BNO3/c1-10(19)13-8-11(9-14-12(13)6-7-18-14)17-20-15(2,3)16(4,5)21-17/h6-9,18H,1-5H3. The summed E-state index contributed by atoms with van der Waals surface area (Å²) >= 11 is 0. The second-order valence-corrected chi connectivity index (χ2v) is 6.65. The summed E-state index contributed by atoms with van der Waals surface area (Å²) in [7, 11) is -0.458. The first-order valence-electron chi connectivity index (χ1n) is 7.19. The Morgan fingerprint density at radius 3 is 2.33 bits per heavy atom. The molecule has 0 spiro atoms. The van der Waals surface area contributed by atoms with E-state index in [0.29, 0.717) is 5.56 Å². The summed E-state index contributed by atoms with van der Waals surface area (Å²) in [6.07, 6.45) is 1.84. The Kier molecular flexibility index (Phi) is 3.04. The van der Waals surface area contributed by atoms with E-state index in [1.165, 1.54) is 0 Å². The first-order chi connectivity index (χ1) is 9.71. The second kappa shape index (κ2) is 4.45. The minimum Gasteiger partial charge on any atom is -0.399 e. The van der Waals surface area contributed by atoms with Gasteiger partial charge >= 0.3 is 7.12 Å². The quantitative estimate of drug-likeness (QED) is 0.681. The van der Waals surface area contributed by atoms with Crippen LogP contribution in [0.3, 0.4) is 0 Å². The molecule has 1 aliphatic rings. The van der Waals surface area contributed by atoms with Crippen LogP contribution in [0.5, 0.6) is 0 Å². The van der Waals surface area contributed by atoms with E-state index in [1.54, 1.807) is 6.92 Å². The third-order valence-corrected chi connectivity index (χ3v) is 4.60. The van der Waals surface area contributed by atoms with Crippen molar-refractivity contribution in [2.45, 2.75) is 45.8 Å². The van der Waals surface area contributed by atoms with Crippen LogP contribution < -0.4 is 5.46 Å². The predicted octanol–water partition coefficient (Wildman–Crippen LogP) is 2.67. The molecule has 2 heterocycles. The Bertz CT molecular complexity index is 701. The molecule has 1 aromatic carbocycles. The normalized spacial score (nSPS) is 20.1. The van der Waals surface area contributed by atoms with Gasteiger partial charge in [-0.15, -0.1) is 0 Å². The van der Waals surface area contributed by atoms with Crippen molar-refractivity contribution in [1.82, 2.24) is 4.98 Å². The molecule has 0 atom stereocenters. The van der Waals surface area contributed by atoms with Gasteiger partial charge in [0.1, 0.15) is 0 Å². The van der Waals surface area contributed by atoms with Crippen LogP contribution in [0.4, 0.5) is 0 Å². The van der Waals surface area contributed by atoms with Crippen LogP contribution in [0.2, 0.25) is 0 Å². The number of aromatic amines is 1. The van der Waals surface area contributed by atoms with Gasteiger partial charge in [-0.05, 0) is 52.2 Å². The highest BCUT2D eigenvalue weighted by atomic mass is 16.7. The van der Waals surface area contributed by atoms with Gasteiger partial charge in [-0.2, -0.15) is 0 Å². The van der Waals surface area contributed by atoms with Gasteiger partial charge in [0, 0.05) is 22.7 Å². The second-order valence-electron chi connectivity index (χ2n) is 6.65. The minimum absolute atomic E-state index is 0.0398. The van der Waals surface area contributed by atoms with Crippen LogP contribution in [-0.4, -0.2) is 29.1 Å². The monoisotopic (exact) mass is 285 g/mol. The number of carbonyl (C=O) groups excluding carboxylic acids is 1. The summed E-state index contributed by atoms with van der Waals surface area (Å²) in [4.78, 5) is 15.0. The van der Waals surface area contributed by atoms with Crippen molar-refractivity contribution in [2.75, 3.05) is 0 Å². The zero-order valence-electron chi connectivity index (χ0n) is 13.1. The fourth-order valence-electron chi connectivity index (χ4n) is 2.60. The molecule has 1 saturated heterocycles. The van der Waals surface area contributed by atoms with E-state index in [4.69, 9.17) is 9.31 Å². The number of benzene rings is 1. The molecule has 5 heteroatoms. The maximum atomic E-state index is 11.9. The summed E-state index contributed by atoms with van der Waals surface area (Å²) in [6, 6.07) is 5.78. The fraction of sp³-hybridized carbons (Fsp3) is 0.438. The van der Waals surface area contributed by atoms with Crippen LogP contribution in [0.1, 0.15) is 45.0 Å². The molecule has 0 saturated carbocycles. The molecule has 0 aliphatic carbocycles. The molecule has 0 bridgehead atoms. The van der Waals surface area contributed by atoms with Crippen molar-refractivity contribution in [3.63, 3.8) is 0 Å². The Balaban J connectivity index is 2.08. The molecular formula is C16H20BNO3. The first kappa shape index (κ1) is 14.4. The summed E-state index contributed by atoms with van der Waals surface area (Å²) in [5, 5.41) is 0.933. The smallest absolute Gasteiger partial charge is 0.399 e. The Morgan fingerprint density at radius 2 is 1.76 bits per heavy atom. The molecule has 3 rings (SSSR count). The van der Waals surface area contributed by atoms with Gasteiger partial charge in [0.2, 0.25) is 0 Å². The van der Waals surface area contributed by atoms with E-state index >= 15 is 0 Å². The lowest BCUT2D eigenvalue weighted by Crippen LogP contribution is -2.41. The zero-order valence-corrected chi connectivity index (χ0v) is 13.1. The lowest BCUT2D eigenvalue weighted by Gasteiger charge is -2.32. The summed E-state index contributed by atoms with van der Waals surface area (Å²) in [6.45, 7) is 9.66.